The van der Waals surface area contributed by atoms with E-state index < -0.39 is 0 Å². The van der Waals surface area contributed by atoms with Gasteiger partial charge in [-0.2, -0.15) is 5.10 Å². The van der Waals surface area contributed by atoms with Crippen molar-refractivity contribution in [2.75, 3.05) is 5.43 Å². The molecule has 0 fully saturated rings. The van der Waals surface area contributed by atoms with Crippen molar-refractivity contribution in [1.29, 1.82) is 0 Å². The van der Waals surface area contributed by atoms with Gasteiger partial charge >= 0.3 is 0 Å². The van der Waals surface area contributed by atoms with Gasteiger partial charge in [-0.3, -0.25) is 5.43 Å². The molecular formula is C8H9BrN2. The van der Waals surface area contributed by atoms with Crippen molar-refractivity contribution in [3.05, 3.63) is 28.7 Å². The van der Waals surface area contributed by atoms with Crippen molar-refractivity contribution >= 4 is 27.8 Å². The molecule has 0 saturated heterocycles. The standard InChI is InChI=1S/C8H9BrN2/c1-2-10-11-8-5-3-7(9)4-6-8/h2-6,11H,1H3/b10-2-. The molecule has 2 nitrogen and oxygen atoms in total. The van der Waals surface area contributed by atoms with Crippen LogP contribution in [0.2, 0.25) is 0 Å². The highest BCUT2D eigenvalue weighted by Gasteiger charge is 1.87. The van der Waals surface area contributed by atoms with Crippen molar-refractivity contribution in [1.82, 2.24) is 0 Å². The predicted octanol–water partition coefficient (Wildman–Crippen LogP) is 2.87. The van der Waals surface area contributed by atoms with Crippen molar-refractivity contribution in [2.24, 2.45) is 5.10 Å². The fraction of sp³-hybridized carbons (Fsp3) is 0.125. The van der Waals surface area contributed by atoms with Gasteiger partial charge in [-0.25, -0.2) is 0 Å². The largest absolute Gasteiger partial charge is 0.279 e. The number of nitrogens with zero attached hydrogens (tertiary/aromatic N) is 1. The number of rotatable bonds is 2. The van der Waals surface area contributed by atoms with Crippen molar-refractivity contribution in [3.8, 4) is 0 Å². The zero-order valence-corrected chi connectivity index (χ0v) is 7.80. The quantitative estimate of drug-likeness (QED) is 0.592. The van der Waals surface area contributed by atoms with E-state index in [0.29, 0.717) is 0 Å². The number of halogens is 1. The van der Waals surface area contributed by atoms with E-state index >= 15 is 0 Å². The SMILES string of the molecule is C/C=N\Nc1ccc(Br)cc1. The van der Waals surface area contributed by atoms with Crippen LogP contribution in [0.5, 0.6) is 0 Å². The number of hydrazone groups is 1. The van der Waals surface area contributed by atoms with Crippen molar-refractivity contribution in [3.63, 3.8) is 0 Å². The molecule has 0 heterocycles. The Bertz CT molecular complexity index is 241. The molecule has 58 valence electrons. The molecule has 0 saturated carbocycles. The summed E-state index contributed by atoms with van der Waals surface area (Å²) >= 11 is 3.35. The van der Waals surface area contributed by atoms with E-state index in [1.807, 2.05) is 31.2 Å². The minimum atomic E-state index is 0.992. The third-order valence-corrected chi connectivity index (χ3v) is 1.70. The van der Waals surface area contributed by atoms with E-state index in [9.17, 15) is 0 Å². The summed E-state index contributed by atoms with van der Waals surface area (Å²) < 4.78 is 1.07. The fourth-order valence-electron chi connectivity index (χ4n) is 0.664. The van der Waals surface area contributed by atoms with Gasteiger partial charge in [-0.1, -0.05) is 15.9 Å². The molecule has 0 aromatic heterocycles. The summed E-state index contributed by atoms with van der Waals surface area (Å²) in [5.74, 6) is 0. The Kier molecular flexibility index (Phi) is 3.11. The molecule has 1 N–H and O–H groups in total. The highest BCUT2D eigenvalue weighted by atomic mass is 79.9. The Labute approximate surface area is 74.4 Å². The summed E-state index contributed by atoms with van der Waals surface area (Å²) in [4.78, 5) is 0. The zero-order chi connectivity index (χ0) is 8.10. The van der Waals surface area contributed by atoms with Gasteiger partial charge in [0.2, 0.25) is 0 Å². The van der Waals surface area contributed by atoms with Crippen LogP contribution in [0.25, 0.3) is 0 Å². The molecule has 0 spiro atoms. The molecule has 11 heavy (non-hydrogen) atoms. The van der Waals surface area contributed by atoms with E-state index in [0.717, 1.165) is 10.2 Å². The van der Waals surface area contributed by atoms with Gasteiger partial charge in [-0.05, 0) is 31.2 Å². The molecule has 0 atom stereocenters. The Balaban J connectivity index is 2.66. The van der Waals surface area contributed by atoms with Crippen LogP contribution in [-0.4, -0.2) is 6.21 Å². The van der Waals surface area contributed by atoms with Gasteiger partial charge in [-0.15, -0.1) is 0 Å². The van der Waals surface area contributed by atoms with Crippen LogP contribution in [0.4, 0.5) is 5.69 Å². The lowest BCUT2D eigenvalue weighted by Gasteiger charge is -1.97. The molecular weight excluding hydrogens is 204 g/mol. The molecule has 0 unspecified atom stereocenters. The second-order valence-electron chi connectivity index (χ2n) is 2.01. The van der Waals surface area contributed by atoms with E-state index in [-0.39, 0.29) is 0 Å². The number of benzene rings is 1. The smallest absolute Gasteiger partial charge is 0.0562 e. The molecule has 3 heteroatoms. The molecule has 0 bridgehead atoms. The first-order valence-corrected chi connectivity index (χ1v) is 4.11. The van der Waals surface area contributed by atoms with Crippen LogP contribution >= 0.6 is 15.9 Å². The molecule has 1 rings (SSSR count). The number of nitrogens with one attached hydrogen (secondary N) is 1. The summed E-state index contributed by atoms with van der Waals surface area (Å²) in [5, 5.41) is 3.88. The first-order chi connectivity index (χ1) is 5.33. The van der Waals surface area contributed by atoms with Gasteiger partial charge in [0.15, 0.2) is 0 Å². The molecule has 0 radical (unpaired) electrons. The Hall–Kier alpha value is -0.830. The average Bonchev–Trinajstić information content (AvgIpc) is 2.04. The predicted molar refractivity (Wildman–Crippen MR) is 51.9 cm³/mol. The molecule has 1 aromatic carbocycles. The average molecular weight is 213 g/mol. The third-order valence-electron chi connectivity index (χ3n) is 1.17. The maximum Gasteiger partial charge on any atom is 0.0562 e. The first-order valence-electron chi connectivity index (χ1n) is 3.32. The lowest BCUT2D eigenvalue weighted by atomic mass is 10.3. The van der Waals surface area contributed by atoms with E-state index in [2.05, 4.69) is 26.5 Å². The number of anilines is 1. The second-order valence-corrected chi connectivity index (χ2v) is 2.92. The summed E-state index contributed by atoms with van der Waals surface area (Å²) in [6.07, 6.45) is 1.71. The Morgan fingerprint density at radius 2 is 2.00 bits per heavy atom. The number of hydrogen-bond acceptors (Lipinski definition) is 2. The molecule has 1 aromatic rings. The highest BCUT2D eigenvalue weighted by molar-refractivity contribution is 9.10. The monoisotopic (exact) mass is 212 g/mol. The van der Waals surface area contributed by atoms with Crippen LogP contribution < -0.4 is 5.43 Å². The molecule has 0 aliphatic heterocycles. The Morgan fingerprint density at radius 3 is 2.55 bits per heavy atom. The summed E-state index contributed by atoms with van der Waals surface area (Å²) in [5.41, 5.74) is 3.86. The maximum absolute atomic E-state index is 3.88. The van der Waals surface area contributed by atoms with Gasteiger partial charge in [0.25, 0.3) is 0 Å². The van der Waals surface area contributed by atoms with E-state index in [1.165, 1.54) is 0 Å². The van der Waals surface area contributed by atoms with Gasteiger partial charge in [0.1, 0.15) is 0 Å². The molecule has 0 aliphatic carbocycles. The number of hydrogen-bond donors (Lipinski definition) is 1. The second kappa shape index (κ2) is 4.13. The van der Waals surface area contributed by atoms with Crippen molar-refractivity contribution < 1.29 is 0 Å². The van der Waals surface area contributed by atoms with Crippen molar-refractivity contribution in [2.45, 2.75) is 6.92 Å². The van der Waals surface area contributed by atoms with E-state index in [4.69, 9.17) is 0 Å². The maximum atomic E-state index is 3.88. The molecule has 0 amide bonds. The third kappa shape index (κ3) is 2.72. The summed E-state index contributed by atoms with van der Waals surface area (Å²) in [6, 6.07) is 7.84. The first kappa shape index (κ1) is 8.27. The summed E-state index contributed by atoms with van der Waals surface area (Å²) in [7, 11) is 0. The van der Waals surface area contributed by atoms with Crippen LogP contribution in [0.3, 0.4) is 0 Å². The van der Waals surface area contributed by atoms with Gasteiger partial charge in [0, 0.05) is 10.7 Å². The Morgan fingerprint density at radius 1 is 1.36 bits per heavy atom. The van der Waals surface area contributed by atoms with Crippen LogP contribution in [0, 0.1) is 0 Å². The van der Waals surface area contributed by atoms with Crippen LogP contribution in [0.1, 0.15) is 6.92 Å². The van der Waals surface area contributed by atoms with Crippen LogP contribution in [0.15, 0.2) is 33.8 Å². The topological polar surface area (TPSA) is 24.4 Å². The summed E-state index contributed by atoms with van der Waals surface area (Å²) in [6.45, 7) is 1.87. The molecule has 0 aliphatic rings. The van der Waals surface area contributed by atoms with Gasteiger partial charge in [0.05, 0.1) is 5.69 Å². The normalized spacial score (nSPS) is 10.4. The minimum Gasteiger partial charge on any atom is -0.279 e. The van der Waals surface area contributed by atoms with Crippen LogP contribution in [-0.2, 0) is 0 Å². The lowest BCUT2D eigenvalue weighted by Crippen LogP contribution is -1.86. The lowest BCUT2D eigenvalue weighted by molar-refractivity contribution is 1.34. The minimum absolute atomic E-state index is 0.992. The zero-order valence-electron chi connectivity index (χ0n) is 6.21. The highest BCUT2D eigenvalue weighted by Crippen LogP contribution is 2.13. The van der Waals surface area contributed by atoms with E-state index in [1.54, 1.807) is 6.21 Å². The fourth-order valence-corrected chi connectivity index (χ4v) is 0.928. The van der Waals surface area contributed by atoms with Gasteiger partial charge < -0.3 is 0 Å².